The van der Waals surface area contributed by atoms with E-state index >= 15 is 17.2 Å². The molecule has 0 spiro atoms. The number of halogens is 4. The summed E-state index contributed by atoms with van der Waals surface area (Å²) in [5.74, 6) is -3.02. The molecular formula is C76H66F4N12O9S2. The highest BCUT2D eigenvalue weighted by molar-refractivity contribution is 7.92. The smallest absolute Gasteiger partial charge is 0.255 e. The summed E-state index contributed by atoms with van der Waals surface area (Å²) in [7, 11) is -1.79. The lowest BCUT2D eigenvalue weighted by molar-refractivity contribution is 0.00552. The molecule has 0 radical (unpaired) electrons. The predicted octanol–water partition coefficient (Wildman–Crippen LogP) is 13.4. The van der Waals surface area contributed by atoms with Crippen LogP contribution in [0.1, 0.15) is 64.6 Å². The van der Waals surface area contributed by atoms with Crippen LogP contribution in [0.15, 0.2) is 148 Å². The third-order valence-corrected chi connectivity index (χ3v) is 23.2. The second-order valence-electron chi connectivity index (χ2n) is 26.9. The van der Waals surface area contributed by atoms with Crippen LogP contribution >= 0.6 is 0 Å². The van der Waals surface area contributed by atoms with Crippen LogP contribution in [0.4, 0.5) is 28.9 Å². The highest BCUT2D eigenvalue weighted by atomic mass is 32.2. The van der Waals surface area contributed by atoms with Gasteiger partial charge in [-0.1, -0.05) is 12.1 Å². The Morgan fingerprint density at radius 3 is 1.65 bits per heavy atom. The number of sulfonamides is 2. The van der Waals surface area contributed by atoms with Gasteiger partial charge in [0.2, 0.25) is 20.0 Å². The molecule has 10 heterocycles. The molecule has 1 atom stereocenters. The Labute approximate surface area is 587 Å². The SMILES string of the molecule is CNC(=O)c1c(-c2ccc(F)cc2)oc2cc(N(C)S(C)(=O)=O)c(-c3cc(CS(=O)(=O)N(C)c4cc5oc(-c6ccc(F)cc6)c(C(=O)NC)c5cc4-c4ccc5nc(CN6CCC6(C)C)n6c7cccc(F)c7cc6c5n4)c4nc(CN5CCC(OC)C5)n5c6cccc(F)c6cc5c4n3)cc12. The number of rotatable bonds is 17. The van der Waals surface area contributed by atoms with Gasteiger partial charge < -0.3 is 24.2 Å². The maximum atomic E-state index is 16.4. The molecule has 2 aliphatic rings. The molecule has 2 aliphatic heterocycles. The van der Waals surface area contributed by atoms with Gasteiger partial charge in [0, 0.05) is 116 Å². The van der Waals surface area contributed by atoms with Crippen LogP contribution < -0.4 is 19.2 Å². The Kier molecular flexibility index (Phi) is 16.0. The van der Waals surface area contributed by atoms with Crippen LogP contribution in [-0.2, 0) is 43.6 Å². The molecule has 2 fully saturated rings. The summed E-state index contributed by atoms with van der Waals surface area (Å²) in [6, 6.07) is 34.4. The van der Waals surface area contributed by atoms with E-state index in [0.29, 0.717) is 87.3 Å². The number of carbonyl (C=O) groups excluding carboxylic acids is 2. The Bertz CT molecular complexity index is 6180. The quantitative estimate of drug-likeness (QED) is 0.0807. The summed E-state index contributed by atoms with van der Waals surface area (Å²) >= 11 is 0. The molecule has 0 bridgehead atoms. The molecule has 0 saturated carbocycles. The third kappa shape index (κ3) is 11.2. The van der Waals surface area contributed by atoms with Crippen molar-refractivity contribution in [3.05, 3.63) is 191 Å². The topological polar surface area (TPSA) is 235 Å². The fourth-order valence-electron chi connectivity index (χ4n) is 14.5. The van der Waals surface area contributed by atoms with Crippen LogP contribution in [0.5, 0.6) is 0 Å². The first-order chi connectivity index (χ1) is 49.3. The van der Waals surface area contributed by atoms with Crippen molar-refractivity contribution >= 4 is 120 Å². The molecule has 16 rings (SSSR count). The van der Waals surface area contributed by atoms with E-state index in [9.17, 15) is 26.8 Å². The van der Waals surface area contributed by atoms with Gasteiger partial charge in [-0.2, -0.15) is 0 Å². The summed E-state index contributed by atoms with van der Waals surface area (Å²) in [6.07, 6.45) is 2.57. The lowest BCUT2D eigenvalue weighted by Crippen LogP contribution is -2.55. The molecule has 8 aromatic heterocycles. The van der Waals surface area contributed by atoms with E-state index < -0.39 is 60.9 Å². The molecule has 21 nitrogen and oxygen atoms in total. The number of ether oxygens (including phenoxy) is 1. The number of aromatic nitrogens is 6. The third-order valence-electron chi connectivity index (χ3n) is 20.3. The van der Waals surface area contributed by atoms with Gasteiger partial charge >= 0.3 is 0 Å². The number of hydrogen-bond acceptors (Lipinski definition) is 15. The minimum Gasteiger partial charge on any atom is -0.455 e. The Balaban J connectivity index is 0.941. The van der Waals surface area contributed by atoms with E-state index in [4.69, 9.17) is 33.5 Å². The van der Waals surface area contributed by atoms with Gasteiger partial charge in [0.15, 0.2) is 0 Å². The van der Waals surface area contributed by atoms with Crippen molar-refractivity contribution < 1.29 is 57.6 Å². The maximum Gasteiger partial charge on any atom is 0.255 e. The van der Waals surface area contributed by atoms with Crippen molar-refractivity contribution in [3.8, 4) is 45.2 Å². The van der Waals surface area contributed by atoms with E-state index in [1.165, 1.54) is 113 Å². The standard InChI is InChI=1S/C76H66F4N12O9S2/c1-76(2)26-28-90(76)38-66-83-55-24-23-54(84-70(55)61-32-46-52(79)11-9-13-57(46)91(61)66)48-30-50-64(101-72(67(50)74(93)81-3)40-15-19-43(77)20-16-40)35-60(48)88(6)103(97,98)39-42-29-56(85-71-62-33-47-53(80)12-10-14-58(47)92(62)65(86-69(42)71)37-89-27-25-45(36-89)99-7)49-31-51-63(34-59(49)87(5)102(8,95)96)100-73(68(51)75(94)82-4)41-17-21-44(78)22-18-41/h9-24,29-35,45H,25-28,36-39H2,1-8H3,(H,81,93)(H,82,94). The Hall–Kier alpha value is -10.8. The maximum absolute atomic E-state index is 16.4. The first-order valence-corrected chi connectivity index (χ1v) is 36.7. The number of methoxy groups -OCH3 is 1. The number of anilines is 2. The molecular weight excluding hydrogens is 1370 g/mol. The van der Waals surface area contributed by atoms with Gasteiger partial charge in [-0.25, -0.2) is 54.3 Å². The van der Waals surface area contributed by atoms with E-state index in [1.54, 1.807) is 60.0 Å². The number of amides is 2. The van der Waals surface area contributed by atoms with Gasteiger partial charge in [-0.3, -0.25) is 36.8 Å². The van der Waals surface area contributed by atoms with E-state index in [2.05, 4.69) is 34.3 Å². The first-order valence-electron chi connectivity index (χ1n) is 33.2. The monoisotopic (exact) mass is 1430 g/mol. The van der Waals surface area contributed by atoms with Gasteiger partial charge in [0.05, 0.1) is 98.2 Å². The predicted molar refractivity (Wildman–Crippen MR) is 388 cm³/mol. The van der Waals surface area contributed by atoms with E-state index in [1.807, 2.05) is 10.5 Å². The Morgan fingerprint density at radius 2 is 1.14 bits per heavy atom. The second kappa shape index (κ2) is 24.7. The van der Waals surface area contributed by atoms with E-state index in [0.717, 1.165) is 27.8 Å². The van der Waals surface area contributed by atoms with Crippen LogP contribution in [0.25, 0.3) is 122 Å². The van der Waals surface area contributed by atoms with Crippen LogP contribution in [0.2, 0.25) is 0 Å². The molecule has 14 aromatic rings. The summed E-state index contributed by atoms with van der Waals surface area (Å²) in [5.41, 5.74) is 4.01. The second-order valence-corrected chi connectivity index (χ2v) is 30.9. The summed E-state index contributed by atoms with van der Waals surface area (Å²) in [6.45, 7) is 6.89. The highest BCUT2D eigenvalue weighted by Crippen LogP contribution is 2.46. The number of nitrogens with zero attached hydrogens (tertiary/aromatic N) is 10. The first kappa shape index (κ1) is 66.7. The van der Waals surface area contributed by atoms with Gasteiger partial charge in [0.1, 0.15) is 68.6 Å². The van der Waals surface area contributed by atoms with Gasteiger partial charge in [-0.05, 0) is 148 Å². The van der Waals surface area contributed by atoms with Crippen molar-refractivity contribution in [2.24, 2.45) is 0 Å². The molecule has 6 aromatic carbocycles. The van der Waals surface area contributed by atoms with Crippen LogP contribution in [-0.4, -0.2) is 140 Å². The number of nitrogens with one attached hydrogen (secondary N) is 2. The molecule has 2 amide bonds. The normalized spacial score (nSPS) is 15.3. The number of hydrogen-bond donors (Lipinski definition) is 2. The minimum absolute atomic E-state index is 0.000228. The molecule has 2 saturated heterocycles. The van der Waals surface area contributed by atoms with E-state index in [-0.39, 0.29) is 119 Å². The molecule has 1 unspecified atom stereocenters. The number of likely N-dealkylation sites (tertiary alicyclic amines) is 2. The number of pyridine rings is 2. The average molecular weight is 1430 g/mol. The molecule has 0 aliphatic carbocycles. The number of fused-ring (bicyclic) bond motifs is 12. The van der Waals surface area contributed by atoms with Crippen molar-refractivity contribution in [3.63, 3.8) is 0 Å². The zero-order valence-corrected chi connectivity index (χ0v) is 58.6. The summed E-state index contributed by atoms with van der Waals surface area (Å²) in [4.78, 5) is 54.1. The number of benzene rings is 6. The van der Waals surface area contributed by atoms with Crippen molar-refractivity contribution in [1.82, 2.24) is 49.2 Å². The fourth-order valence-corrected chi connectivity index (χ4v) is 16.3. The number of carbonyl (C=O) groups is 2. The van der Waals surface area contributed by atoms with Crippen molar-refractivity contribution in [2.75, 3.05) is 69.8 Å². The zero-order valence-electron chi connectivity index (χ0n) is 57.0. The fraction of sp³-hybridized carbons (Fsp3) is 0.237. The summed E-state index contributed by atoms with van der Waals surface area (Å²) in [5, 5.41) is 6.31. The van der Waals surface area contributed by atoms with Crippen LogP contribution in [0.3, 0.4) is 0 Å². The molecule has 2 N–H and O–H groups in total. The van der Waals surface area contributed by atoms with Gasteiger partial charge in [0.25, 0.3) is 11.8 Å². The lowest BCUT2D eigenvalue weighted by atomic mass is 9.89. The molecule has 103 heavy (non-hydrogen) atoms. The number of furan rings is 2. The average Bonchev–Trinajstić information content (AvgIpc) is 1.66. The molecule has 524 valence electrons. The van der Waals surface area contributed by atoms with Crippen LogP contribution in [0, 0.1) is 23.3 Å². The lowest BCUT2D eigenvalue weighted by Gasteiger charge is -2.48. The van der Waals surface area contributed by atoms with Gasteiger partial charge in [-0.15, -0.1) is 0 Å². The minimum atomic E-state index is -4.81. The Morgan fingerprint density at radius 1 is 0.602 bits per heavy atom. The largest absolute Gasteiger partial charge is 0.455 e. The summed E-state index contributed by atoms with van der Waals surface area (Å²) < 4.78 is 147. The van der Waals surface area contributed by atoms with Crippen molar-refractivity contribution in [2.45, 2.75) is 57.2 Å². The molecule has 27 heteroatoms. The van der Waals surface area contributed by atoms with Crippen molar-refractivity contribution in [1.29, 1.82) is 0 Å². The zero-order chi connectivity index (χ0) is 72.0. The highest BCUT2D eigenvalue weighted by Gasteiger charge is 2.38.